The van der Waals surface area contributed by atoms with Gasteiger partial charge in [-0.05, 0) is 32.9 Å². The smallest absolute Gasteiger partial charge is 0.106 e. The lowest BCUT2D eigenvalue weighted by Crippen LogP contribution is -2.45. The van der Waals surface area contributed by atoms with Crippen molar-refractivity contribution in [3.05, 3.63) is 0 Å². The molecule has 0 saturated heterocycles. The third-order valence-corrected chi connectivity index (χ3v) is 1.87. The fourth-order valence-electron chi connectivity index (χ4n) is 1.05. The summed E-state index contributed by atoms with van der Waals surface area (Å²) in [5, 5.41) is 14.8. The Labute approximate surface area is 79.9 Å². The van der Waals surface area contributed by atoms with Gasteiger partial charge in [0.1, 0.15) is 12.5 Å². The third-order valence-electron chi connectivity index (χ3n) is 1.87. The average molecular weight is 190 g/mol. The van der Waals surface area contributed by atoms with Crippen molar-refractivity contribution in [2.45, 2.75) is 38.2 Å². The molecular formula is C8H22N4O. The highest BCUT2D eigenvalue weighted by atomic mass is 16.3. The Bertz CT molecular complexity index is 110. The average Bonchev–Trinajstić information content (AvgIpc) is 2.10. The summed E-state index contributed by atoms with van der Waals surface area (Å²) in [4.78, 5) is 0. The van der Waals surface area contributed by atoms with Crippen LogP contribution in [-0.4, -0.2) is 31.2 Å². The second-order valence-corrected chi connectivity index (χ2v) is 3.13. The lowest BCUT2D eigenvalue weighted by molar-refractivity contribution is 0.133. The second kappa shape index (κ2) is 8.40. The van der Waals surface area contributed by atoms with Gasteiger partial charge < -0.3 is 16.6 Å². The number of nitrogens with two attached hydrogens (primary N) is 2. The summed E-state index contributed by atoms with van der Waals surface area (Å²) in [6.07, 6.45) is 3.15. The molecule has 0 radical (unpaired) electrons. The molecule has 0 bridgehead atoms. The van der Waals surface area contributed by atoms with E-state index in [-0.39, 0.29) is 6.23 Å². The van der Waals surface area contributed by atoms with E-state index in [1.54, 1.807) is 7.05 Å². The van der Waals surface area contributed by atoms with Gasteiger partial charge in [-0.3, -0.25) is 10.6 Å². The van der Waals surface area contributed by atoms with Gasteiger partial charge in [0.15, 0.2) is 0 Å². The number of hydrogen-bond acceptors (Lipinski definition) is 5. The molecule has 0 aromatic carbocycles. The van der Waals surface area contributed by atoms with Gasteiger partial charge in [0.25, 0.3) is 0 Å². The summed E-state index contributed by atoms with van der Waals surface area (Å²) in [6.45, 7) is 0.841. The first-order valence-electron chi connectivity index (χ1n) is 4.76. The molecule has 1 unspecified atom stereocenters. The first kappa shape index (κ1) is 12.8. The molecule has 0 aromatic rings. The van der Waals surface area contributed by atoms with E-state index in [4.69, 9.17) is 16.6 Å². The maximum absolute atomic E-state index is 9.14. The highest BCUT2D eigenvalue weighted by Crippen LogP contribution is 2.00. The lowest BCUT2D eigenvalue weighted by Gasteiger charge is -2.09. The Morgan fingerprint density at radius 3 is 2.46 bits per heavy atom. The maximum atomic E-state index is 9.14. The van der Waals surface area contributed by atoms with Crippen LogP contribution in [-0.2, 0) is 0 Å². The molecule has 7 N–H and O–H groups in total. The number of unbranched alkanes of at least 4 members (excludes halogenated alkanes) is 2. The molecule has 0 heterocycles. The second-order valence-electron chi connectivity index (χ2n) is 3.13. The van der Waals surface area contributed by atoms with Gasteiger partial charge in [-0.2, -0.15) is 0 Å². The summed E-state index contributed by atoms with van der Waals surface area (Å²) in [5.41, 5.74) is 10.6. The number of rotatable bonds is 8. The van der Waals surface area contributed by atoms with Crippen molar-refractivity contribution in [1.82, 2.24) is 10.6 Å². The van der Waals surface area contributed by atoms with Crippen LogP contribution in [0.4, 0.5) is 0 Å². The largest absolute Gasteiger partial charge is 0.379 e. The summed E-state index contributed by atoms with van der Waals surface area (Å²) >= 11 is 0. The van der Waals surface area contributed by atoms with Crippen LogP contribution in [0.3, 0.4) is 0 Å². The van der Waals surface area contributed by atoms with E-state index in [0.29, 0.717) is 0 Å². The third kappa shape index (κ3) is 9.72. The molecule has 0 fully saturated rings. The summed E-state index contributed by atoms with van der Waals surface area (Å²) in [6, 6.07) is 0. The molecule has 0 aliphatic heterocycles. The lowest BCUT2D eigenvalue weighted by atomic mass is 10.2. The van der Waals surface area contributed by atoms with Crippen LogP contribution >= 0.6 is 0 Å². The quantitative estimate of drug-likeness (QED) is 0.247. The Morgan fingerprint density at radius 1 is 1.23 bits per heavy atom. The Balaban J connectivity index is 2.99. The highest BCUT2D eigenvalue weighted by molar-refractivity contribution is 4.53. The maximum Gasteiger partial charge on any atom is 0.106 e. The molecule has 80 valence electrons. The van der Waals surface area contributed by atoms with Crippen molar-refractivity contribution in [3.63, 3.8) is 0 Å². The number of nitrogens with one attached hydrogen (secondary N) is 2. The topological polar surface area (TPSA) is 96.3 Å². The van der Waals surface area contributed by atoms with E-state index < -0.39 is 6.29 Å². The summed E-state index contributed by atoms with van der Waals surface area (Å²) in [7, 11) is 1.75. The van der Waals surface area contributed by atoms with Crippen molar-refractivity contribution >= 4 is 0 Å². The molecule has 0 saturated carbocycles. The standard InChI is InChI=1S/C8H22N4O/c1-11-7(13)5-3-2-4-6-12-8(9)10/h7-8,11-13H,2-6,9-10H2,1H3. The van der Waals surface area contributed by atoms with E-state index in [2.05, 4.69) is 10.6 Å². The summed E-state index contributed by atoms with van der Waals surface area (Å²) in [5.74, 6) is 0. The van der Waals surface area contributed by atoms with Crippen LogP contribution in [0.25, 0.3) is 0 Å². The summed E-state index contributed by atoms with van der Waals surface area (Å²) < 4.78 is 0. The fourth-order valence-corrected chi connectivity index (χ4v) is 1.05. The first-order valence-corrected chi connectivity index (χ1v) is 4.76. The van der Waals surface area contributed by atoms with Gasteiger partial charge in [-0.15, -0.1) is 0 Å². The van der Waals surface area contributed by atoms with E-state index in [9.17, 15) is 0 Å². The van der Waals surface area contributed by atoms with Gasteiger partial charge in [0.2, 0.25) is 0 Å². The van der Waals surface area contributed by atoms with Gasteiger partial charge in [-0.25, -0.2) is 0 Å². The normalized spacial score (nSPS) is 13.6. The zero-order valence-corrected chi connectivity index (χ0v) is 8.29. The Kier molecular flexibility index (Phi) is 8.27. The molecular weight excluding hydrogens is 168 g/mol. The van der Waals surface area contributed by atoms with Crippen molar-refractivity contribution < 1.29 is 5.11 Å². The van der Waals surface area contributed by atoms with Gasteiger partial charge in [-0.1, -0.05) is 6.42 Å². The monoisotopic (exact) mass is 190 g/mol. The van der Waals surface area contributed by atoms with E-state index in [0.717, 1.165) is 32.2 Å². The molecule has 0 spiro atoms. The van der Waals surface area contributed by atoms with Crippen LogP contribution in [0, 0.1) is 0 Å². The SMILES string of the molecule is CNC(O)CCCCCNC(N)N. The molecule has 5 nitrogen and oxygen atoms in total. The van der Waals surface area contributed by atoms with Crippen molar-refractivity contribution in [1.29, 1.82) is 0 Å². The van der Waals surface area contributed by atoms with Crippen LogP contribution in [0.15, 0.2) is 0 Å². The van der Waals surface area contributed by atoms with Crippen LogP contribution in [0.2, 0.25) is 0 Å². The highest BCUT2D eigenvalue weighted by Gasteiger charge is 1.98. The molecule has 0 rings (SSSR count). The molecule has 0 aromatic heterocycles. The predicted molar refractivity (Wildman–Crippen MR) is 53.7 cm³/mol. The number of aliphatic hydroxyl groups is 1. The Morgan fingerprint density at radius 2 is 1.92 bits per heavy atom. The molecule has 5 heteroatoms. The first-order chi connectivity index (χ1) is 6.16. The molecule has 0 aliphatic rings. The van der Waals surface area contributed by atoms with Gasteiger partial charge in [0.05, 0.1) is 0 Å². The molecule has 0 aliphatic carbocycles. The zero-order chi connectivity index (χ0) is 10.1. The minimum absolute atomic E-state index is 0.371. The predicted octanol–water partition coefficient (Wildman–Crippen LogP) is -1.12. The van der Waals surface area contributed by atoms with E-state index >= 15 is 0 Å². The van der Waals surface area contributed by atoms with Crippen LogP contribution in [0.1, 0.15) is 25.7 Å². The zero-order valence-electron chi connectivity index (χ0n) is 8.29. The van der Waals surface area contributed by atoms with E-state index in [1.807, 2.05) is 0 Å². The van der Waals surface area contributed by atoms with Gasteiger partial charge in [0, 0.05) is 0 Å². The van der Waals surface area contributed by atoms with Crippen molar-refractivity contribution in [3.8, 4) is 0 Å². The Hall–Kier alpha value is -0.200. The van der Waals surface area contributed by atoms with Gasteiger partial charge >= 0.3 is 0 Å². The van der Waals surface area contributed by atoms with Crippen LogP contribution in [0.5, 0.6) is 0 Å². The fraction of sp³-hybridized carbons (Fsp3) is 1.00. The molecule has 1 atom stereocenters. The minimum atomic E-state index is -0.414. The van der Waals surface area contributed by atoms with Crippen molar-refractivity contribution in [2.75, 3.05) is 13.6 Å². The molecule has 13 heavy (non-hydrogen) atoms. The minimum Gasteiger partial charge on any atom is -0.379 e. The van der Waals surface area contributed by atoms with E-state index in [1.165, 1.54) is 0 Å². The number of aliphatic hydroxyl groups excluding tert-OH is 1. The molecule has 0 amide bonds. The number of hydrogen-bond donors (Lipinski definition) is 5. The van der Waals surface area contributed by atoms with Crippen molar-refractivity contribution in [2.24, 2.45) is 11.5 Å². The van der Waals surface area contributed by atoms with Crippen LogP contribution < -0.4 is 22.1 Å².